The number of nitro benzene ring substituents is 1. The van der Waals surface area contributed by atoms with E-state index in [9.17, 15) is 14.9 Å². The highest BCUT2D eigenvalue weighted by Gasteiger charge is 2.16. The third kappa shape index (κ3) is 1.48. The van der Waals surface area contributed by atoms with Crippen molar-refractivity contribution in [3.63, 3.8) is 0 Å². The molecule has 0 aliphatic rings. The predicted molar refractivity (Wildman–Crippen MR) is 52.9 cm³/mol. The summed E-state index contributed by atoms with van der Waals surface area (Å²) in [6, 6.07) is 5.89. The first kappa shape index (κ1) is 9.39. The van der Waals surface area contributed by atoms with Crippen LogP contribution < -0.4 is 0 Å². The summed E-state index contributed by atoms with van der Waals surface area (Å²) in [6.45, 7) is 1.35. The monoisotopic (exact) mass is 205 g/mol. The predicted octanol–water partition coefficient (Wildman–Crippen LogP) is 2.54. The zero-order valence-corrected chi connectivity index (χ0v) is 7.89. The molecular formula is C10H7NO4. The van der Waals surface area contributed by atoms with Crippen LogP contribution in [-0.2, 0) is 0 Å². The Morgan fingerprint density at radius 2 is 2.20 bits per heavy atom. The van der Waals surface area contributed by atoms with Gasteiger partial charge < -0.3 is 4.42 Å². The van der Waals surface area contributed by atoms with E-state index in [4.69, 9.17) is 4.42 Å². The second kappa shape index (κ2) is 3.20. The molecule has 0 unspecified atom stereocenters. The van der Waals surface area contributed by atoms with Gasteiger partial charge in [0.15, 0.2) is 11.5 Å². The van der Waals surface area contributed by atoms with Crippen LogP contribution in [0.25, 0.3) is 11.0 Å². The van der Waals surface area contributed by atoms with Gasteiger partial charge in [0.25, 0.3) is 5.69 Å². The molecule has 0 bridgehead atoms. The summed E-state index contributed by atoms with van der Waals surface area (Å²) in [5.74, 6) is -0.111. The van der Waals surface area contributed by atoms with E-state index in [1.54, 1.807) is 6.07 Å². The van der Waals surface area contributed by atoms with Gasteiger partial charge in [-0.3, -0.25) is 14.9 Å². The largest absolute Gasteiger partial charge is 0.453 e. The third-order valence-electron chi connectivity index (χ3n) is 2.08. The number of nitrogens with zero attached hydrogens (tertiary/aromatic N) is 1. The van der Waals surface area contributed by atoms with Crippen LogP contribution >= 0.6 is 0 Å². The van der Waals surface area contributed by atoms with E-state index < -0.39 is 4.92 Å². The van der Waals surface area contributed by atoms with Crippen molar-refractivity contribution in [1.29, 1.82) is 0 Å². The smallest absolute Gasteiger partial charge is 0.280 e. The fourth-order valence-corrected chi connectivity index (χ4v) is 1.38. The maximum Gasteiger partial charge on any atom is 0.280 e. The first-order valence-corrected chi connectivity index (χ1v) is 4.27. The maximum absolute atomic E-state index is 11.0. The molecule has 0 radical (unpaired) electrons. The number of rotatable bonds is 2. The molecule has 1 aromatic carbocycles. The van der Waals surface area contributed by atoms with Gasteiger partial charge in [-0.05, 0) is 6.07 Å². The average Bonchev–Trinajstić information content (AvgIpc) is 2.60. The molecule has 0 amide bonds. The van der Waals surface area contributed by atoms with E-state index in [0.717, 1.165) is 0 Å². The fraction of sp³-hybridized carbons (Fsp3) is 0.100. The summed E-state index contributed by atoms with van der Waals surface area (Å²) in [5.41, 5.74) is 0.304. The standard InChI is InChI=1S/C10H7NO4/c1-6(12)10-5-7-8(11(13)14)3-2-4-9(7)15-10/h2-5H,1H3. The molecule has 76 valence electrons. The molecule has 0 saturated heterocycles. The number of ketones is 1. The summed E-state index contributed by atoms with van der Waals surface area (Å²) in [4.78, 5) is 21.2. The highest BCUT2D eigenvalue weighted by Crippen LogP contribution is 2.28. The maximum atomic E-state index is 11.0. The molecule has 0 aliphatic heterocycles. The number of furan rings is 1. The number of fused-ring (bicyclic) bond motifs is 1. The van der Waals surface area contributed by atoms with Crippen molar-refractivity contribution in [1.82, 2.24) is 0 Å². The molecule has 0 fully saturated rings. The molecule has 0 aliphatic carbocycles. The van der Waals surface area contributed by atoms with Gasteiger partial charge in [0, 0.05) is 19.1 Å². The minimum absolute atomic E-state index is 0.0521. The Morgan fingerprint density at radius 3 is 2.80 bits per heavy atom. The van der Waals surface area contributed by atoms with Gasteiger partial charge in [0.2, 0.25) is 0 Å². The molecule has 0 N–H and O–H groups in total. The molecule has 0 saturated carbocycles. The van der Waals surface area contributed by atoms with Gasteiger partial charge in [-0.25, -0.2) is 0 Å². The molecule has 5 heteroatoms. The molecule has 0 atom stereocenters. The van der Waals surface area contributed by atoms with Crippen molar-refractivity contribution in [2.24, 2.45) is 0 Å². The quantitative estimate of drug-likeness (QED) is 0.429. The van der Waals surface area contributed by atoms with E-state index in [-0.39, 0.29) is 17.2 Å². The van der Waals surface area contributed by atoms with Gasteiger partial charge in [-0.1, -0.05) is 6.07 Å². The van der Waals surface area contributed by atoms with Gasteiger partial charge >= 0.3 is 0 Å². The van der Waals surface area contributed by atoms with E-state index >= 15 is 0 Å². The second-order valence-electron chi connectivity index (χ2n) is 3.11. The van der Waals surface area contributed by atoms with Crippen LogP contribution in [0.4, 0.5) is 5.69 Å². The second-order valence-corrected chi connectivity index (χ2v) is 3.11. The Labute approximate surface area is 84.5 Å². The van der Waals surface area contributed by atoms with Crippen LogP contribution in [0.3, 0.4) is 0 Å². The molecule has 1 heterocycles. The third-order valence-corrected chi connectivity index (χ3v) is 2.08. The van der Waals surface area contributed by atoms with Crippen LogP contribution in [0.5, 0.6) is 0 Å². The van der Waals surface area contributed by atoms with E-state index in [1.807, 2.05) is 0 Å². The lowest BCUT2D eigenvalue weighted by Crippen LogP contribution is -1.87. The van der Waals surface area contributed by atoms with Crippen LogP contribution in [0, 0.1) is 10.1 Å². The molecule has 2 rings (SSSR count). The number of hydrogen-bond donors (Lipinski definition) is 0. The summed E-state index contributed by atoms with van der Waals surface area (Å²) in [6.07, 6.45) is 0. The number of carbonyl (C=O) groups is 1. The highest BCUT2D eigenvalue weighted by molar-refractivity contribution is 5.98. The van der Waals surface area contributed by atoms with Gasteiger partial charge in [0.05, 0.1) is 10.3 Å². The van der Waals surface area contributed by atoms with Crippen molar-refractivity contribution >= 4 is 22.4 Å². The molecule has 5 nitrogen and oxygen atoms in total. The average molecular weight is 205 g/mol. The Kier molecular flexibility index (Phi) is 2.00. The number of carbonyl (C=O) groups excluding carboxylic acids is 1. The summed E-state index contributed by atoms with van der Waals surface area (Å²) in [7, 11) is 0. The van der Waals surface area contributed by atoms with Gasteiger partial charge in [-0.15, -0.1) is 0 Å². The van der Waals surface area contributed by atoms with Gasteiger partial charge in [-0.2, -0.15) is 0 Å². The van der Waals surface area contributed by atoms with Crippen LogP contribution in [-0.4, -0.2) is 10.7 Å². The highest BCUT2D eigenvalue weighted by atomic mass is 16.6. The SMILES string of the molecule is CC(=O)c1cc2c([N+](=O)[O-])cccc2o1. The van der Waals surface area contributed by atoms with E-state index in [0.29, 0.717) is 11.0 Å². The molecule has 0 spiro atoms. The Bertz CT molecular complexity index is 556. The van der Waals surface area contributed by atoms with Crippen molar-refractivity contribution in [3.8, 4) is 0 Å². The lowest BCUT2D eigenvalue weighted by molar-refractivity contribution is -0.383. The van der Waals surface area contributed by atoms with Crippen molar-refractivity contribution in [2.75, 3.05) is 0 Å². The first-order chi connectivity index (χ1) is 7.09. The van der Waals surface area contributed by atoms with E-state index in [2.05, 4.69) is 0 Å². The molecule has 15 heavy (non-hydrogen) atoms. The van der Waals surface area contributed by atoms with Crippen molar-refractivity contribution in [3.05, 3.63) is 40.1 Å². The van der Waals surface area contributed by atoms with Crippen molar-refractivity contribution < 1.29 is 14.1 Å². The zero-order chi connectivity index (χ0) is 11.0. The number of hydrogen-bond acceptors (Lipinski definition) is 4. The number of Topliss-reactive ketones (excluding diaryl/α,β-unsaturated/α-hetero) is 1. The Hall–Kier alpha value is -2.17. The Morgan fingerprint density at radius 1 is 1.47 bits per heavy atom. The van der Waals surface area contributed by atoms with Crippen LogP contribution in [0.2, 0.25) is 0 Å². The Balaban J connectivity index is 2.75. The fourth-order valence-electron chi connectivity index (χ4n) is 1.38. The van der Waals surface area contributed by atoms with Gasteiger partial charge in [0.1, 0.15) is 5.58 Å². The zero-order valence-electron chi connectivity index (χ0n) is 7.89. The first-order valence-electron chi connectivity index (χ1n) is 4.27. The topological polar surface area (TPSA) is 73.3 Å². The minimum atomic E-state index is -0.498. The minimum Gasteiger partial charge on any atom is -0.453 e. The summed E-state index contributed by atoms with van der Waals surface area (Å²) in [5, 5.41) is 11.0. The van der Waals surface area contributed by atoms with Crippen LogP contribution in [0.15, 0.2) is 28.7 Å². The van der Waals surface area contributed by atoms with E-state index in [1.165, 1.54) is 25.1 Å². The molecular weight excluding hydrogens is 198 g/mol. The van der Waals surface area contributed by atoms with Crippen molar-refractivity contribution in [2.45, 2.75) is 6.92 Å². The summed E-state index contributed by atoms with van der Waals surface area (Å²) < 4.78 is 5.17. The number of nitro groups is 1. The lowest BCUT2D eigenvalue weighted by Gasteiger charge is -1.90. The molecule has 1 aromatic heterocycles. The lowest BCUT2D eigenvalue weighted by atomic mass is 10.2. The normalized spacial score (nSPS) is 10.5. The number of benzene rings is 1. The summed E-state index contributed by atoms with van der Waals surface area (Å²) >= 11 is 0. The van der Waals surface area contributed by atoms with Crippen LogP contribution in [0.1, 0.15) is 17.5 Å². The number of non-ortho nitro benzene ring substituents is 1. The molecule has 2 aromatic rings.